The molecule has 1 amide bonds. The van der Waals surface area contributed by atoms with Gasteiger partial charge in [0, 0.05) is 18.4 Å². The number of likely N-dealkylation sites (tertiary alicyclic amines) is 1. The first kappa shape index (κ1) is 39.0. The summed E-state index contributed by atoms with van der Waals surface area (Å²) in [7, 11) is 0. The molecule has 6 aliphatic carbocycles. The molecule has 1 unspecified atom stereocenters. The summed E-state index contributed by atoms with van der Waals surface area (Å²) in [5, 5.41) is 20.8. The van der Waals surface area contributed by atoms with Crippen molar-refractivity contribution >= 4 is 23.6 Å². The highest BCUT2D eigenvalue weighted by Gasteiger charge is 2.71. The van der Waals surface area contributed by atoms with Crippen molar-refractivity contribution in [2.75, 3.05) is 6.54 Å². The summed E-state index contributed by atoms with van der Waals surface area (Å²) in [4.78, 5) is 56.5. The molecule has 1 aliphatic heterocycles. The molecule has 7 aliphatic rings. The Kier molecular flexibility index (Phi) is 8.94. The smallest absolute Gasteiger partial charge is 0.309 e. The summed E-state index contributed by atoms with van der Waals surface area (Å²) < 4.78 is 6.41. The van der Waals surface area contributed by atoms with Crippen molar-refractivity contribution in [3.8, 4) is 0 Å². The van der Waals surface area contributed by atoms with Gasteiger partial charge in [0.15, 0.2) is 5.78 Å². The van der Waals surface area contributed by atoms with Crippen LogP contribution in [-0.4, -0.2) is 63.0 Å². The van der Waals surface area contributed by atoms with Gasteiger partial charge in [0.1, 0.15) is 6.10 Å². The van der Waals surface area contributed by atoms with Crippen molar-refractivity contribution in [2.24, 2.45) is 68.0 Å². The van der Waals surface area contributed by atoms with E-state index in [-0.39, 0.29) is 75.6 Å². The van der Waals surface area contributed by atoms with E-state index in [1.165, 1.54) is 5.57 Å². The number of amides is 1. The molecule has 7 rings (SSSR count). The second-order valence-corrected chi connectivity index (χ2v) is 21.9. The van der Waals surface area contributed by atoms with Crippen molar-refractivity contribution in [3.05, 3.63) is 11.1 Å². The van der Waals surface area contributed by atoms with Gasteiger partial charge in [-0.3, -0.25) is 19.2 Å². The van der Waals surface area contributed by atoms with Gasteiger partial charge in [-0.05, 0) is 141 Å². The maximum Gasteiger partial charge on any atom is 0.309 e. The summed E-state index contributed by atoms with van der Waals surface area (Å²) >= 11 is 0. The molecule has 8 nitrogen and oxygen atoms in total. The molecule has 0 aromatic heterocycles. The van der Waals surface area contributed by atoms with Gasteiger partial charge in [-0.1, -0.05) is 62.3 Å². The summed E-state index contributed by atoms with van der Waals surface area (Å²) in [6.45, 7) is 24.5. The van der Waals surface area contributed by atoms with Crippen LogP contribution in [0.2, 0.25) is 0 Å². The van der Waals surface area contributed by atoms with Gasteiger partial charge in [0.2, 0.25) is 5.91 Å². The number of carbonyl (C=O) groups excluding carboxylic acids is 3. The molecular weight excluding hydrogens is 666 g/mol. The zero-order valence-electron chi connectivity index (χ0n) is 34.7. The Morgan fingerprint density at radius 1 is 0.830 bits per heavy atom. The fourth-order valence-electron chi connectivity index (χ4n) is 15.0. The third-order valence-corrected chi connectivity index (χ3v) is 18.2. The predicted molar refractivity (Wildman–Crippen MR) is 203 cm³/mol. The average Bonchev–Trinajstić information content (AvgIpc) is 3.65. The largest absolute Gasteiger partial charge is 0.481 e. The van der Waals surface area contributed by atoms with Gasteiger partial charge in [-0.2, -0.15) is 0 Å². The number of ether oxygens (including phenoxy) is 1. The van der Waals surface area contributed by atoms with Gasteiger partial charge in [-0.15, -0.1) is 0 Å². The van der Waals surface area contributed by atoms with E-state index in [0.717, 1.165) is 63.4 Å². The number of fused-ring (bicyclic) bond motifs is 7. The first-order chi connectivity index (χ1) is 24.4. The predicted octanol–water partition coefficient (Wildman–Crippen LogP) is 8.39. The quantitative estimate of drug-likeness (QED) is 0.263. The normalized spacial score (nSPS) is 44.4. The molecule has 11 atom stereocenters. The number of aliphatic carboxylic acids is 1. The molecule has 0 aromatic carbocycles. The number of nitrogens with zero attached hydrogens (tertiary/aromatic N) is 1. The lowest BCUT2D eigenvalue weighted by atomic mass is 9.33. The number of rotatable bonds is 6. The number of ketones is 1. The van der Waals surface area contributed by atoms with Crippen molar-refractivity contribution in [1.29, 1.82) is 0 Å². The highest BCUT2D eigenvalue weighted by molar-refractivity contribution is 6.07. The molecule has 53 heavy (non-hydrogen) atoms. The molecule has 296 valence electrons. The molecule has 0 radical (unpaired) electrons. The lowest BCUT2D eigenvalue weighted by molar-refractivity contribution is -0.236. The van der Waals surface area contributed by atoms with Crippen LogP contribution in [0, 0.1) is 68.0 Å². The monoisotopic (exact) mass is 736 g/mol. The zero-order chi connectivity index (χ0) is 39.1. The Morgan fingerprint density at radius 3 is 2.11 bits per heavy atom. The van der Waals surface area contributed by atoms with Crippen molar-refractivity contribution in [3.63, 3.8) is 0 Å². The second-order valence-electron chi connectivity index (χ2n) is 21.9. The lowest BCUT2D eigenvalue weighted by Gasteiger charge is -2.72. The highest BCUT2D eigenvalue weighted by atomic mass is 16.5. The van der Waals surface area contributed by atoms with E-state index in [0.29, 0.717) is 31.2 Å². The molecule has 1 heterocycles. The first-order valence-electron chi connectivity index (χ1n) is 21.1. The summed E-state index contributed by atoms with van der Waals surface area (Å²) in [6, 6.07) is -0.236. The van der Waals surface area contributed by atoms with Crippen LogP contribution in [0.3, 0.4) is 0 Å². The van der Waals surface area contributed by atoms with Gasteiger partial charge in [0.05, 0.1) is 28.9 Å². The minimum Gasteiger partial charge on any atom is -0.481 e. The van der Waals surface area contributed by atoms with E-state index in [9.17, 15) is 24.6 Å². The van der Waals surface area contributed by atoms with Crippen LogP contribution in [0.5, 0.6) is 0 Å². The number of esters is 1. The van der Waals surface area contributed by atoms with Crippen LogP contribution >= 0.6 is 0 Å². The molecule has 0 spiro atoms. The Balaban J connectivity index is 1.18. The third-order valence-electron chi connectivity index (χ3n) is 18.2. The van der Waals surface area contributed by atoms with Crippen LogP contribution in [0.1, 0.15) is 153 Å². The number of carboxylic acids is 1. The number of aliphatic hydroxyl groups is 1. The van der Waals surface area contributed by atoms with Crippen LogP contribution < -0.4 is 0 Å². The maximum absolute atomic E-state index is 15.0. The Bertz CT molecular complexity index is 1620. The highest BCUT2D eigenvalue weighted by Crippen LogP contribution is 2.77. The van der Waals surface area contributed by atoms with E-state index in [1.54, 1.807) is 0 Å². The minimum absolute atomic E-state index is 0.0156. The average molecular weight is 736 g/mol. The molecular formula is C45H69NO7. The first-order valence-corrected chi connectivity index (χ1v) is 21.1. The fourth-order valence-corrected chi connectivity index (χ4v) is 15.0. The molecule has 0 aromatic rings. The number of allylic oxidation sites excluding steroid dienone is 1. The van der Waals surface area contributed by atoms with Crippen molar-refractivity contribution < 1.29 is 34.1 Å². The van der Waals surface area contributed by atoms with E-state index in [1.807, 2.05) is 32.6 Å². The Hall–Kier alpha value is -2.22. The van der Waals surface area contributed by atoms with E-state index in [4.69, 9.17) is 4.74 Å². The minimum atomic E-state index is -0.999. The Morgan fingerprint density at radius 2 is 1.51 bits per heavy atom. The topological polar surface area (TPSA) is 121 Å². The molecule has 6 fully saturated rings. The van der Waals surface area contributed by atoms with Crippen LogP contribution in [0.4, 0.5) is 0 Å². The van der Waals surface area contributed by atoms with Crippen LogP contribution in [0.15, 0.2) is 11.1 Å². The molecule has 2 N–H and O–H groups in total. The van der Waals surface area contributed by atoms with Crippen LogP contribution in [0.25, 0.3) is 0 Å². The number of hydrogen-bond donors (Lipinski definition) is 2. The standard InChI is InChI=1S/C45H69NO7/c1-25(2)34-29(47)24-45(38(51)46-22-12-13-32(46)41(7,8)52)21-20-43(10)26(35(34)45)14-15-31-42(9)18-17-33(40(5,6)30(42)16-19-44(31,43)11)53-37(50)28-23-27(36(48)49)39(28,3)4/h25-28,30-33,52H,12-24H2,1-11H3,(H,48,49)/t26-,27+,28-,30+,31-,32?,33+,42+,43-,44-,45-/m1/s1. The molecule has 0 bridgehead atoms. The van der Waals surface area contributed by atoms with E-state index >= 15 is 4.79 Å². The molecule has 5 saturated carbocycles. The van der Waals surface area contributed by atoms with Crippen molar-refractivity contribution in [1.82, 2.24) is 4.90 Å². The zero-order valence-corrected chi connectivity index (χ0v) is 34.7. The third kappa shape index (κ3) is 5.20. The number of carbonyl (C=O) groups is 4. The molecule has 1 saturated heterocycles. The fraction of sp³-hybridized carbons (Fsp3) is 0.867. The number of carboxylic acid groups (broad SMARTS) is 1. The number of hydrogen-bond acceptors (Lipinski definition) is 6. The Labute approximate surface area is 318 Å². The summed E-state index contributed by atoms with van der Waals surface area (Å²) in [6.07, 6.45) is 9.63. The number of Topliss-reactive ketones (excluding diaryl/α,β-unsaturated/α-hetero) is 1. The summed E-state index contributed by atoms with van der Waals surface area (Å²) in [5.74, 6) is -0.662. The summed E-state index contributed by atoms with van der Waals surface area (Å²) in [5.41, 5.74) is -0.553. The lowest BCUT2D eigenvalue weighted by Crippen LogP contribution is -2.66. The maximum atomic E-state index is 15.0. The van der Waals surface area contributed by atoms with Gasteiger partial charge in [-0.25, -0.2) is 0 Å². The van der Waals surface area contributed by atoms with Crippen LogP contribution in [-0.2, 0) is 23.9 Å². The molecule has 8 heteroatoms. The van der Waals surface area contributed by atoms with E-state index in [2.05, 4.69) is 48.5 Å². The van der Waals surface area contributed by atoms with Gasteiger partial charge < -0.3 is 19.8 Å². The second kappa shape index (κ2) is 12.1. The van der Waals surface area contributed by atoms with Gasteiger partial charge in [0.25, 0.3) is 0 Å². The van der Waals surface area contributed by atoms with Crippen molar-refractivity contribution in [2.45, 2.75) is 171 Å². The SMILES string of the molecule is CC(C)C1=C2[C@H]3CC[C@@H]4[C@@]5(C)CC[C@H](OC(=O)[C@H]6C[C@@H](C(=O)O)C6(C)C)C(C)(C)[C@@H]5CC[C@@]4(C)[C@]3(C)CC[C@@]2(C(=O)N2CCCC2C(C)(C)O)CC1=O. The van der Waals surface area contributed by atoms with E-state index < -0.39 is 28.3 Å². The van der Waals surface area contributed by atoms with Gasteiger partial charge >= 0.3 is 11.9 Å².